The Balaban J connectivity index is 2.78. The van der Waals surface area contributed by atoms with Crippen molar-refractivity contribution in [1.82, 2.24) is 4.90 Å². The molecule has 0 saturated carbocycles. The zero-order valence-electron chi connectivity index (χ0n) is 10.6. The van der Waals surface area contributed by atoms with Gasteiger partial charge in [-0.05, 0) is 13.0 Å². The van der Waals surface area contributed by atoms with Crippen LogP contribution in [0, 0.1) is 0 Å². The summed E-state index contributed by atoms with van der Waals surface area (Å²) in [7, 11) is 5.08. The first-order chi connectivity index (χ1) is 7.95. The van der Waals surface area contributed by atoms with Crippen molar-refractivity contribution in [2.45, 2.75) is 13.0 Å². The van der Waals surface area contributed by atoms with E-state index in [0.29, 0.717) is 17.2 Å². The van der Waals surface area contributed by atoms with E-state index in [0.717, 1.165) is 5.00 Å². The number of hydrogen-bond donors (Lipinski definition) is 2. The van der Waals surface area contributed by atoms with E-state index < -0.39 is 0 Å². The quantitative estimate of drug-likeness (QED) is 0.838. The van der Waals surface area contributed by atoms with E-state index in [1.54, 1.807) is 27.3 Å². The Labute approximate surface area is 106 Å². The summed E-state index contributed by atoms with van der Waals surface area (Å²) >= 11 is 1.37. The Morgan fingerprint density at radius 3 is 2.82 bits per heavy atom. The van der Waals surface area contributed by atoms with Crippen molar-refractivity contribution in [1.29, 1.82) is 0 Å². The lowest BCUT2D eigenvalue weighted by Gasteiger charge is -2.11. The number of anilines is 2. The minimum Gasteiger partial charge on any atom is -0.397 e. The molecule has 3 N–H and O–H groups in total. The highest BCUT2D eigenvalue weighted by atomic mass is 32.1. The van der Waals surface area contributed by atoms with Gasteiger partial charge in [-0.25, -0.2) is 0 Å². The molecule has 0 fully saturated rings. The molecule has 0 aromatic carbocycles. The standard InChI is InChI=1S/C11H19N3O2S/c1-7(6-16-4)13-9-5-8(12)10(17-9)11(15)14(2)3/h5,7,13H,6,12H2,1-4H3. The number of nitrogens with zero attached hydrogens (tertiary/aromatic N) is 1. The molecule has 1 amide bonds. The predicted octanol–water partition coefficient (Wildman–Crippen LogP) is 1.48. The fraction of sp³-hybridized carbons (Fsp3) is 0.545. The number of ether oxygens (including phenoxy) is 1. The summed E-state index contributed by atoms with van der Waals surface area (Å²) in [6, 6.07) is 1.97. The van der Waals surface area contributed by atoms with Gasteiger partial charge in [0.25, 0.3) is 5.91 Å². The molecule has 17 heavy (non-hydrogen) atoms. The normalized spacial score (nSPS) is 12.2. The molecular weight excluding hydrogens is 238 g/mol. The number of nitrogens with two attached hydrogens (primary N) is 1. The highest BCUT2D eigenvalue weighted by Gasteiger charge is 2.16. The second-order valence-corrected chi connectivity index (χ2v) is 5.15. The first-order valence-corrected chi connectivity index (χ1v) is 6.13. The molecule has 0 aliphatic rings. The van der Waals surface area contributed by atoms with Crippen LogP contribution >= 0.6 is 11.3 Å². The molecule has 1 unspecified atom stereocenters. The molecule has 1 aromatic heterocycles. The van der Waals surface area contributed by atoms with Crippen molar-refractivity contribution in [2.24, 2.45) is 0 Å². The lowest BCUT2D eigenvalue weighted by Crippen LogP contribution is -2.21. The molecule has 96 valence electrons. The minimum absolute atomic E-state index is 0.0695. The van der Waals surface area contributed by atoms with Gasteiger partial charge in [0.2, 0.25) is 0 Å². The van der Waals surface area contributed by atoms with E-state index in [2.05, 4.69) is 5.32 Å². The van der Waals surface area contributed by atoms with Gasteiger partial charge in [-0.3, -0.25) is 4.79 Å². The van der Waals surface area contributed by atoms with E-state index in [-0.39, 0.29) is 11.9 Å². The Morgan fingerprint density at radius 1 is 1.65 bits per heavy atom. The zero-order valence-corrected chi connectivity index (χ0v) is 11.4. The predicted molar refractivity (Wildman–Crippen MR) is 71.7 cm³/mol. The Bertz CT molecular complexity index is 390. The van der Waals surface area contributed by atoms with Crippen LogP contribution < -0.4 is 11.1 Å². The highest BCUT2D eigenvalue weighted by molar-refractivity contribution is 7.18. The van der Waals surface area contributed by atoms with Crippen LogP contribution in [0.5, 0.6) is 0 Å². The van der Waals surface area contributed by atoms with Crippen LogP contribution in [0.1, 0.15) is 16.6 Å². The zero-order chi connectivity index (χ0) is 13.0. The van der Waals surface area contributed by atoms with Crippen LogP contribution in [0.2, 0.25) is 0 Å². The summed E-state index contributed by atoms with van der Waals surface area (Å²) in [5.41, 5.74) is 6.34. The third kappa shape index (κ3) is 3.61. The van der Waals surface area contributed by atoms with E-state index in [1.165, 1.54) is 16.2 Å². The van der Waals surface area contributed by atoms with Crippen molar-refractivity contribution >= 4 is 27.9 Å². The largest absolute Gasteiger partial charge is 0.397 e. The number of carbonyl (C=O) groups is 1. The van der Waals surface area contributed by atoms with Gasteiger partial charge in [0, 0.05) is 27.2 Å². The lowest BCUT2D eigenvalue weighted by atomic mass is 10.3. The first-order valence-electron chi connectivity index (χ1n) is 5.32. The van der Waals surface area contributed by atoms with Crippen LogP contribution in [-0.4, -0.2) is 44.7 Å². The molecule has 0 aliphatic heterocycles. The average molecular weight is 257 g/mol. The van der Waals surface area contributed by atoms with Gasteiger partial charge in [0.1, 0.15) is 4.88 Å². The summed E-state index contributed by atoms with van der Waals surface area (Å²) in [5.74, 6) is -0.0695. The Hall–Kier alpha value is -1.27. The van der Waals surface area contributed by atoms with Gasteiger partial charge in [-0.15, -0.1) is 11.3 Å². The van der Waals surface area contributed by atoms with Gasteiger partial charge in [-0.1, -0.05) is 0 Å². The summed E-state index contributed by atoms with van der Waals surface area (Å²) < 4.78 is 5.03. The third-order valence-electron chi connectivity index (χ3n) is 2.17. The molecule has 1 rings (SSSR count). The van der Waals surface area contributed by atoms with Crippen molar-refractivity contribution in [3.8, 4) is 0 Å². The molecule has 6 heteroatoms. The molecule has 1 heterocycles. The number of amides is 1. The summed E-state index contributed by atoms with van der Waals surface area (Å²) in [6.45, 7) is 2.61. The van der Waals surface area contributed by atoms with Crippen LogP contribution in [0.4, 0.5) is 10.7 Å². The first kappa shape index (κ1) is 13.8. The molecule has 5 nitrogen and oxygen atoms in total. The maximum Gasteiger partial charge on any atom is 0.265 e. The van der Waals surface area contributed by atoms with E-state index in [4.69, 9.17) is 10.5 Å². The Kier molecular flexibility index (Phi) is 4.77. The number of carbonyl (C=O) groups excluding carboxylic acids is 1. The molecule has 0 spiro atoms. The fourth-order valence-corrected chi connectivity index (χ4v) is 2.49. The molecule has 0 aliphatic carbocycles. The maximum atomic E-state index is 11.8. The van der Waals surface area contributed by atoms with Crippen LogP contribution in [0.15, 0.2) is 6.07 Å². The molecule has 0 bridgehead atoms. The Morgan fingerprint density at radius 2 is 2.29 bits per heavy atom. The average Bonchev–Trinajstić information content (AvgIpc) is 2.58. The number of rotatable bonds is 5. The van der Waals surface area contributed by atoms with Gasteiger partial charge >= 0.3 is 0 Å². The molecule has 1 aromatic rings. The number of nitrogen functional groups attached to an aromatic ring is 1. The van der Waals surface area contributed by atoms with E-state index in [1.807, 2.05) is 6.92 Å². The second kappa shape index (κ2) is 5.88. The number of methoxy groups -OCH3 is 1. The summed E-state index contributed by atoms with van der Waals surface area (Å²) in [4.78, 5) is 13.9. The highest BCUT2D eigenvalue weighted by Crippen LogP contribution is 2.30. The SMILES string of the molecule is COCC(C)Nc1cc(N)c(C(=O)N(C)C)s1. The molecule has 1 atom stereocenters. The third-order valence-corrected chi connectivity index (χ3v) is 3.24. The maximum absolute atomic E-state index is 11.8. The van der Waals surface area contributed by atoms with Gasteiger partial charge < -0.3 is 20.7 Å². The monoisotopic (exact) mass is 257 g/mol. The van der Waals surface area contributed by atoms with E-state index in [9.17, 15) is 4.79 Å². The topological polar surface area (TPSA) is 67.6 Å². The van der Waals surface area contributed by atoms with Gasteiger partial charge in [-0.2, -0.15) is 0 Å². The smallest absolute Gasteiger partial charge is 0.265 e. The van der Waals surface area contributed by atoms with Crippen LogP contribution in [0.3, 0.4) is 0 Å². The summed E-state index contributed by atoms with van der Waals surface area (Å²) in [6.07, 6.45) is 0. The second-order valence-electron chi connectivity index (χ2n) is 4.10. The van der Waals surface area contributed by atoms with Crippen LogP contribution in [0.25, 0.3) is 0 Å². The van der Waals surface area contributed by atoms with Crippen LogP contribution in [-0.2, 0) is 4.74 Å². The van der Waals surface area contributed by atoms with Gasteiger partial charge in [0.15, 0.2) is 0 Å². The summed E-state index contributed by atoms with van der Waals surface area (Å²) in [5, 5.41) is 4.13. The number of thiophene rings is 1. The van der Waals surface area contributed by atoms with Gasteiger partial charge in [0.05, 0.1) is 17.3 Å². The van der Waals surface area contributed by atoms with Crippen molar-refractivity contribution in [2.75, 3.05) is 38.9 Å². The molecule has 0 saturated heterocycles. The minimum atomic E-state index is -0.0695. The van der Waals surface area contributed by atoms with Crippen molar-refractivity contribution < 1.29 is 9.53 Å². The van der Waals surface area contributed by atoms with Crippen molar-refractivity contribution in [3.63, 3.8) is 0 Å². The van der Waals surface area contributed by atoms with Crippen molar-refractivity contribution in [3.05, 3.63) is 10.9 Å². The number of nitrogens with one attached hydrogen (secondary N) is 1. The molecular formula is C11H19N3O2S. The number of hydrogen-bond acceptors (Lipinski definition) is 5. The fourth-order valence-electron chi connectivity index (χ4n) is 1.38. The molecule has 0 radical (unpaired) electrons. The van der Waals surface area contributed by atoms with E-state index >= 15 is 0 Å². The lowest BCUT2D eigenvalue weighted by molar-refractivity contribution is 0.0833.